The lowest BCUT2D eigenvalue weighted by atomic mass is 10.1. The first-order chi connectivity index (χ1) is 10.7. The van der Waals surface area contributed by atoms with Crippen LogP contribution in [-0.4, -0.2) is 41.4 Å². The van der Waals surface area contributed by atoms with Crippen molar-refractivity contribution in [2.45, 2.75) is 18.9 Å². The van der Waals surface area contributed by atoms with Gasteiger partial charge >= 0.3 is 0 Å². The van der Waals surface area contributed by atoms with Crippen LogP contribution in [0, 0.1) is 0 Å². The molecule has 2 aromatic rings. The molecule has 0 bridgehead atoms. The molecular formula is C16H18ClN3O2. The fraction of sp³-hybridized carbons (Fsp3) is 0.375. The first-order valence-electron chi connectivity index (χ1n) is 7.27. The number of aliphatic hydroxyl groups excluding tert-OH is 1. The highest BCUT2D eigenvalue weighted by Crippen LogP contribution is 2.31. The molecule has 1 aromatic carbocycles. The minimum atomic E-state index is -0.203. The largest absolute Gasteiger partial charge is 0.496 e. The van der Waals surface area contributed by atoms with Gasteiger partial charge in [0.15, 0.2) is 5.82 Å². The average Bonchev–Trinajstić information content (AvgIpc) is 2.55. The number of piperidine rings is 1. The van der Waals surface area contributed by atoms with Crippen LogP contribution in [0.4, 0.5) is 5.82 Å². The Hall–Kier alpha value is -1.85. The maximum Gasteiger partial charge on any atom is 0.165 e. The third-order valence-electron chi connectivity index (χ3n) is 3.83. The number of aliphatic hydroxyl groups is 1. The number of anilines is 1. The predicted octanol–water partition coefficient (Wildman–Crippen LogP) is 2.77. The number of halogens is 1. The van der Waals surface area contributed by atoms with E-state index in [1.165, 1.54) is 0 Å². The lowest BCUT2D eigenvalue weighted by molar-refractivity contribution is 0.145. The van der Waals surface area contributed by atoms with Gasteiger partial charge in [-0.15, -0.1) is 0 Å². The van der Waals surface area contributed by atoms with E-state index in [1.54, 1.807) is 25.4 Å². The molecule has 6 heteroatoms. The summed E-state index contributed by atoms with van der Waals surface area (Å²) in [5, 5.41) is 10.2. The van der Waals surface area contributed by atoms with Crippen molar-refractivity contribution >= 4 is 17.4 Å². The van der Waals surface area contributed by atoms with E-state index in [9.17, 15) is 5.11 Å². The van der Waals surface area contributed by atoms with Crippen LogP contribution >= 0.6 is 11.6 Å². The number of ether oxygens (including phenoxy) is 1. The molecule has 3 rings (SSSR count). The zero-order chi connectivity index (χ0) is 15.5. The van der Waals surface area contributed by atoms with Gasteiger partial charge in [0.1, 0.15) is 11.6 Å². The van der Waals surface area contributed by atoms with E-state index in [1.807, 2.05) is 12.1 Å². The monoisotopic (exact) mass is 319 g/mol. The highest BCUT2D eigenvalue weighted by atomic mass is 35.5. The molecule has 0 amide bonds. The number of benzene rings is 1. The zero-order valence-electron chi connectivity index (χ0n) is 12.4. The third kappa shape index (κ3) is 3.15. The van der Waals surface area contributed by atoms with Crippen LogP contribution < -0.4 is 9.64 Å². The van der Waals surface area contributed by atoms with E-state index in [4.69, 9.17) is 16.3 Å². The number of hydrogen-bond donors (Lipinski definition) is 1. The Morgan fingerprint density at radius 2 is 2.05 bits per heavy atom. The van der Waals surface area contributed by atoms with Crippen molar-refractivity contribution in [1.82, 2.24) is 9.97 Å². The first kappa shape index (κ1) is 15.1. The van der Waals surface area contributed by atoms with Crippen molar-refractivity contribution in [2.75, 3.05) is 25.1 Å². The van der Waals surface area contributed by atoms with Gasteiger partial charge in [-0.05, 0) is 37.1 Å². The second kappa shape index (κ2) is 6.50. The molecular weight excluding hydrogens is 302 g/mol. The molecule has 5 nitrogen and oxygen atoms in total. The maximum absolute atomic E-state index is 9.61. The summed E-state index contributed by atoms with van der Waals surface area (Å²) in [5.74, 6) is 2.14. The molecule has 0 radical (unpaired) electrons. The van der Waals surface area contributed by atoms with Crippen LogP contribution in [0.1, 0.15) is 12.8 Å². The maximum atomic E-state index is 9.61. The summed E-state index contributed by atoms with van der Waals surface area (Å²) in [5.41, 5.74) is 0.772. The van der Waals surface area contributed by atoms with Gasteiger partial charge in [-0.25, -0.2) is 9.97 Å². The summed E-state index contributed by atoms with van der Waals surface area (Å²) in [6.45, 7) is 1.59. The van der Waals surface area contributed by atoms with E-state index in [-0.39, 0.29) is 6.10 Å². The van der Waals surface area contributed by atoms with Crippen LogP contribution in [0.5, 0.6) is 5.75 Å². The number of hydrogen-bond acceptors (Lipinski definition) is 5. The minimum absolute atomic E-state index is 0.203. The number of aromatic nitrogens is 2. The van der Waals surface area contributed by atoms with E-state index in [0.717, 1.165) is 37.3 Å². The Bertz CT molecular complexity index is 658. The molecule has 1 aromatic heterocycles. The minimum Gasteiger partial charge on any atom is -0.496 e. The van der Waals surface area contributed by atoms with Gasteiger partial charge in [-0.1, -0.05) is 11.6 Å². The van der Waals surface area contributed by atoms with Crippen molar-refractivity contribution in [1.29, 1.82) is 0 Å². The third-order valence-corrected chi connectivity index (χ3v) is 4.07. The number of rotatable bonds is 3. The molecule has 0 unspecified atom stereocenters. The first-order valence-corrected chi connectivity index (χ1v) is 7.65. The lowest BCUT2D eigenvalue weighted by Crippen LogP contribution is -2.36. The van der Waals surface area contributed by atoms with Crippen LogP contribution in [0.3, 0.4) is 0 Å². The second-order valence-electron chi connectivity index (χ2n) is 5.30. The number of methoxy groups -OCH3 is 1. The molecule has 0 saturated carbocycles. The van der Waals surface area contributed by atoms with Crippen molar-refractivity contribution in [2.24, 2.45) is 0 Å². The standard InChI is InChI=1S/C16H18ClN3O2/c1-22-14-3-2-11(17)10-13(14)16-18-7-4-15(19-16)20-8-5-12(21)6-9-20/h2-4,7,10,12,21H,5-6,8-9H2,1H3. The van der Waals surface area contributed by atoms with Gasteiger partial charge in [0.05, 0.1) is 18.8 Å². The summed E-state index contributed by atoms with van der Waals surface area (Å²) in [6.07, 6.45) is 3.06. The number of nitrogens with zero attached hydrogens (tertiary/aromatic N) is 3. The molecule has 0 atom stereocenters. The highest BCUT2D eigenvalue weighted by Gasteiger charge is 2.19. The fourth-order valence-corrected chi connectivity index (χ4v) is 2.78. The van der Waals surface area contributed by atoms with Gasteiger partial charge in [0, 0.05) is 24.3 Å². The second-order valence-corrected chi connectivity index (χ2v) is 5.74. The summed E-state index contributed by atoms with van der Waals surface area (Å²) in [7, 11) is 1.61. The molecule has 1 aliphatic rings. The fourth-order valence-electron chi connectivity index (χ4n) is 2.60. The van der Waals surface area contributed by atoms with Crippen molar-refractivity contribution in [3.8, 4) is 17.1 Å². The molecule has 22 heavy (non-hydrogen) atoms. The van der Waals surface area contributed by atoms with Crippen molar-refractivity contribution in [3.63, 3.8) is 0 Å². The Morgan fingerprint density at radius 3 is 2.77 bits per heavy atom. The zero-order valence-corrected chi connectivity index (χ0v) is 13.1. The Balaban J connectivity index is 1.93. The SMILES string of the molecule is COc1ccc(Cl)cc1-c1nccc(N2CCC(O)CC2)n1. The molecule has 0 spiro atoms. The summed E-state index contributed by atoms with van der Waals surface area (Å²) < 4.78 is 5.37. The van der Waals surface area contributed by atoms with Crippen LogP contribution in [0.25, 0.3) is 11.4 Å². The van der Waals surface area contributed by atoms with Crippen molar-refractivity contribution in [3.05, 3.63) is 35.5 Å². The van der Waals surface area contributed by atoms with E-state index < -0.39 is 0 Å². The van der Waals surface area contributed by atoms with Crippen LogP contribution in [-0.2, 0) is 0 Å². The average molecular weight is 320 g/mol. The topological polar surface area (TPSA) is 58.5 Å². The van der Waals surface area contributed by atoms with E-state index >= 15 is 0 Å². The van der Waals surface area contributed by atoms with E-state index in [0.29, 0.717) is 16.6 Å². The summed E-state index contributed by atoms with van der Waals surface area (Å²) in [6, 6.07) is 7.28. The van der Waals surface area contributed by atoms with Gasteiger partial charge in [-0.2, -0.15) is 0 Å². The van der Waals surface area contributed by atoms with Crippen LogP contribution in [0.2, 0.25) is 5.02 Å². The van der Waals surface area contributed by atoms with Gasteiger partial charge in [-0.3, -0.25) is 0 Å². The van der Waals surface area contributed by atoms with E-state index in [2.05, 4.69) is 14.9 Å². The Kier molecular flexibility index (Phi) is 4.45. The smallest absolute Gasteiger partial charge is 0.165 e. The van der Waals surface area contributed by atoms with Gasteiger partial charge < -0.3 is 14.7 Å². The molecule has 1 saturated heterocycles. The molecule has 116 valence electrons. The predicted molar refractivity (Wildman–Crippen MR) is 86.5 cm³/mol. The van der Waals surface area contributed by atoms with Gasteiger partial charge in [0.2, 0.25) is 0 Å². The molecule has 1 aliphatic heterocycles. The highest BCUT2D eigenvalue weighted by molar-refractivity contribution is 6.30. The summed E-state index contributed by atoms with van der Waals surface area (Å²) in [4.78, 5) is 11.1. The van der Waals surface area contributed by atoms with Gasteiger partial charge in [0.25, 0.3) is 0 Å². The summed E-state index contributed by atoms with van der Waals surface area (Å²) >= 11 is 6.08. The normalized spacial score (nSPS) is 15.9. The molecule has 1 fully saturated rings. The molecule has 0 aliphatic carbocycles. The molecule has 1 N–H and O–H groups in total. The molecule has 2 heterocycles. The lowest BCUT2D eigenvalue weighted by Gasteiger charge is -2.30. The Labute approximate surface area is 134 Å². The quantitative estimate of drug-likeness (QED) is 0.942. The van der Waals surface area contributed by atoms with Crippen molar-refractivity contribution < 1.29 is 9.84 Å². The van der Waals surface area contributed by atoms with Crippen LogP contribution in [0.15, 0.2) is 30.5 Å². The Morgan fingerprint density at radius 1 is 1.27 bits per heavy atom.